The lowest BCUT2D eigenvalue weighted by atomic mass is 9.95. The predicted molar refractivity (Wildman–Crippen MR) is 166 cm³/mol. The smallest absolute Gasteiger partial charge is 0.383 e. The van der Waals surface area contributed by atoms with Crippen molar-refractivity contribution in [2.24, 2.45) is 5.41 Å². The Morgan fingerprint density at radius 1 is 1.16 bits per heavy atom. The van der Waals surface area contributed by atoms with E-state index in [1.165, 1.54) is 12.4 Å². The van der Waals surface area contributed by atoms with Crippen molar-refractivity contribution in [1.82, 2.24) is 25.9 Å². The van der Waals surface area contributed by atoms with E-state index in [9.17, 15) is 18.4 Å². The summed E-state index contributed by atoms with van der Waals surface area (Å²) in [5, 5.41) is 20.8. The molecule has 4 aromatic rings. The zero-order valence-electron chi connectivity index (χ0n) is 24.7. The van der Waals surface area contributed by atoms with Crippen LogP contribution in [0.2, 0.25) is 5.02 Å². The summed E-state index contributed by atoms with van der Waals surface area (Å²) in [6.45, 7) is 8.82. The van der Waals surface area contributed by atoms with Crippen LogP contribution in [-0.4, -0.2) is 33.2 Å². The van der Waals surface area contributed by atoms with Crippen LogP contribution in [-0.2, 0) is 0 Å². The Bertz CT molecular complexity index is 1830. The molecular formula is C32H32ClF3N8. The van der Waals surface area contributed by atoms with Gasteiger partial charge < -0.3 is 16.1 Å². The van der Waals surface area contributed by atoms with Gasteiger partial charge in [0, 0.05) is 47.8 Å². The first-order chi connectivity index (χ1) is 20.8. The first-order valence-electron chi connectivity index (χ1n) is 14.3. The zero-order chi connectivity index (χ0) is 31.4. The molecule has 1 aliphatic carbocycles. The van der Waals surface area contributed by atoms with Gasteiger partial charge in [0.05, 0.1) is 33.5 Å². The zero-order valence-corrected chi connectivity index (χ0v) is 25.5. The molecule has 2 aromatic heterocycles. The second-order valence-electron chi connectivity index (χ2n) is 12.6. The van der Waals surface area contributed by atoms with Gasteiger partial charge in [-0.25, -0.2) is 0 Å². The van der Waals surface area contributed by atoms with Crippen molar-refractivity contribution in [3.8, 4) is 6.07 Å². The number of pyridine rings is 2. The lowest BCUT2D eigenvalue weighted by Crippen LogP contribution is -2.52. The predicted octanol–water partition coefficient (Wildman–Crippen LogP) is 7.49. The largest absolute Gasteiger partial charge is 0.413 e. The monoisotopic (exact) mass is 620 g/mol. The van der Waals surface area contributed by atoms with Gasteiger partial charge in [-0.15, -0.1) is 5.53 Å². The van der Waals surface area contributed by atoms with Crippen molar-refractivity contribution < 1.29 is 13.2 Å². The molecule has 1 saturated carbocycles. The molecular weight excluding hydrogens is 589 g/mol. The molecule has 0 spiro atoms. The third kappa shape index (κ3) is 5.33. The average Bonchev–Trinajstić information content (AvgIpc) is 3.65. The number of hydrogen-bond donors (Lipinski definition) is 4. The fraction of sp³-hybridized carbons (Fsp3) is 0.344. The summed E-state index contributed by atoms with van der Waals surface area (Å²) in [6.07, 6.45) is 2.14. The van der Waals surface area contributed by atoms with Crippen molar-refractivity contribution in [2.75, 3.05) is 17.2 Å². The molecule has 0 radical (unpaired) electrons. The molecule has 8 nitrogen and oxygen atoms in total. The molecule has 0 amide bonds. The fourth-order valence-corrected chi connectivity index (χ4v) is 5.90. The number of nitrogens with one attached hydrogen (secondary N) is 4. The molecule has 0 bridgehead atoms. The number of aromatic nitrogens is 2. The Hall–Kier alpha value is -4.27. The van der Waals surface area contributed by atoms with E-state index in [1.807, 2.05) is 31.2 Å². The number of aryl methyl sites for hydroxylation is 1. The number of hydrogen-bond acceptors (Lipinski definition) is 8. The summed E-state index contributed by atoms with van der Waals surface area (Å²) in [5.41, 5.74) is 8.13. The number of halogens is 4. The van der Waals surface area contributed by atoms with Crippen LogP contribution in [0.5, 0.6) is 0 Å². The van der Waals surface area contributed by atoms with Crippen molar-refractivity contribution in [3.05, 3.63) is 82.5 Å². The van der Waals surface area contributed by atoms with Crippen molar-refractivity contribution >= 4 is 44.7 Å². The minimum Gasteiger partial charge on any atom is -0.383 e. The fourth-order valence-electron chi connectivity index (χ4n) is 5.63. The standard InChI is InChI=1S/C32H32ClF3N8/c1-18-13-38-14-19-6-5-7-22(26(18)19)29(25-16-44(43-42-25)31(8-9-31)32(34,35)36)41-21-10-23-27(40-17-30(2,3)4)20(12-37)15-39-28(23)24(33)11-21/h5-7,10-11,13-16,29,41-43H,8-9,17H2,1-4H3,(H,39,40)/t29-/m0/s1. The third-order valence-corrected chi connectivity index (χ3v) is 8.37. The molecule has 1 atom stereocenters. The van der Waals surface area contributed by atoms with E-state index in [2.05, 4.69) is 58.4 Å². The Balaban J connectivity index is 1.48. The highest BCUT2D eigenvalue weighted by molar-refractivity contribution is 6.35. The lowest BCUT2D eigenvalue weighted by Gasteiger charge is -2.28. The number of alkyl halides is 3. The van der Waals surface area contributed by atoms with Crippen molar-refractivity contribution in [1.29, 1.82) is 5.26 Å². The van der Waals surface area contributed by atoms with Gasteiger partial charge in [-0.1, -0.05) is 50.6 Å². The summed E-state index contributed by atoms with van der Waals surface area (Å²) >= 11 is 6.77. The number of hydrazine groups is 2. The van der Waals surface area contributed by atoms with Crippen LogP contribution in [0.1, 0.15) is 56.3 Å². The van der Waals surface area contributed by atoms with Crippen LogP contribution in [0, 0.1) is 23.7 Å². The molecule has 2 aromatic carbocycles. The summed E-state index contributed by atoms with van der Waals surface area (Å²) in [5.74, 6) is 0. The molecule has 12 heteroatoms. The Kier molecular flexibility index (Phi) is 7.25. The average molecular weight is 621 g/mol. The first kappa shape index (κ1) is 29.8. The van der Waals surface area contributed by atoms with Gasteiger partial charge in [-0.05, 0) is 53.8 Å². The number of nitrogens with zero attached hydrogens (tertiary/aromatic N) is 4. The van der Waals surface area contributed by atoms with Crippen LogP contribution < -0.4 is 21.6 Å². The van der Waals surface area contributed by atoms with Gasteiger partial charge in [0.2, 0.25) is 0 Å². The van der Waals surface area contributed by atoms with Gasteiger partial charge in [0.1, 0.15) is 6.07 Å². The van der Waals surface area contributed by atoms with E-state index in [4.69, 9.17) is 11.6 Å². The highest BCUT2D eigenvalue weighted by atomic mass is 35.5. The molecule has 0 unspecified atom stereocenters. The van der Waals surface area contributed by atoms with Gasteiger partial charge in [-0.3, -0.25) is 15.0 Å². The van der Waals surface area contributed by atoms with E-state index < -0.39 is 17.8 Å². The Morgan fingerprint density at radius 2 is 1.93 bits per heavy atom. The molecule has 4 N–H and O–H groups in total. The molecule has 6 rings (SSSR count). The van der Waals surface area contributed by atoms with Crippen LogP contribution in [0.15, 0.2) is 60.8 Å². The van der Waals surface area contributed by atoms with E-state index in [0.29, 0.717) is 45.1 Å². The minimum absolute atomic E-state index is 0.00491. The van der Waals surface area contributed by atoms with E-state index >= 15 is 0 Å². The lowest BCUT2D eigenvalue weighted by molar-refractivity contribution is -0.195. The van der Waals surface area contributed by atoms with Crippen molar-refractivity contribution in [2.45, 2.75) is 58.3 Å². The van der Waals surface area contributed by atoms with Gasteiger partial charge >= 0.3 is 6.18 Å². The molecule has 3 heterocycles. The summed E-state index contributed by atoms with van der Waals surface area (Å²) in [7, 11) is 0. The van der Waals surface area contributed by atoms with E-state index in [0.717, 1.165) is 26.9 Å². The van der Waals surface area contributed by atoms with Gasteiger partial charge in [0.25, 0.3) is 0 Å². The number of nitriles is 1. The number of rotatable bonds is 7. The Labute approximate surface area is 258 Å². The number of fused-ring (bicyclic) bond motifs is 2. The van der Waals surface area contributed by atoms with Crippen molar-refractivity contribution in [3.63, 3.8) is 0 Å². The van der Waals surface area contributed by atoms with E-state index in [1.54, 1.807) is 18.5 Å². The minimum atomic E-state index is -4.40. The first-order valence-corrected chi connectivity index (χ1v) is 14.6. The highest BCUT2D eigenvalue weighted by Crippen LogP contribution is 2.54. The normalized spacial score (nSPS) is 16.8. The molecule has 1 aliphatic heterocycles. The maximum atomic E-state index is 14.0. The topological polar surface area (TPSA) is 101 Å². The van der Waals surface area contributed by atoms with Gasteiger partial charge in [0.15, 0.2) is 5.54 Å². The number of benzene rings is 2. The molecule has 44 heavy (non-hydrogen) atoms. The molecule has 1 fully saturated rings. The maximum Gasteiger partial charge on any atom is 0.413 e. The highest BCUT2D eigenvalue weighted by Gasteiger charge is 2.67. The van der Waals surface area contributed by atoms with E-state index in [-0.39, 0.29) is 18.3 Å². The molecule has 2 aliphatic rings. The second kappa shape index (κ2) is 10.7. The third-order valence-electron chi connectivity index (χ3n) is 8.08. The SMILES string of the molecule is Cc1cncc2cccc([C@H](Nc3cc(Cl)c4ncc(C#N)c(NCC(C)(C)C)c4c3)C3=CN(C4(C(F)(F)F)CC4)NN3)c12. The van der Waals surface area contributed by atoms with Gasteiger partial charge in [-0.2, -0.15) is 18.4 Å². The van der Waals surface area contributed by atoms with Crippen LogP contribution >= 0.6 is 11.6 Å². The van der Waals surface area contributed by atoms with Crippen LogP contribution in [0.4, 0.5) is 24.5 Å². The number of anilines is 2. The van der Waals surface area contributed by atoms with Crippen LogP contribution in [0.25, 0.3) is 21.7 Å². The molecule has 0 saturated heterocycles. The quantitative estimate of drug-likeness (QED) is 0.169. The maximum absolute atomic E-state index is 14.0. The molecule has 228 valence electrons. The summed E-state index contributed by atoms with van der Waals surface area (Å²) in [6, 6.07) is 11.0. The summed E-state index contributed by atoms with van der Waals surface area (Å²) < 4.78 is 42.1. The van der Waals surface area contributed by atoms with Crippen LogP contribution in [0.3, 0.4) is 0 Å². The Morgan fingerprint density at radius 3 is 2.61 bits per heavy atom. The second-order valence-corrected chi connectivity index (χ2v) is 13.0. The summed E-state index contributed by atoms with van der Waals surface area (Å²) in [4.78, 5) is 8.78.